The zero-order chi connectivity index (χ0) is 11.0. The Morgan fingerprint density at radius 3 is 2.94 bits per heavy atom. The maximum Gasteiger partial charge on any atom is 0.120 e. The summed E-state index contributed by atoms with van der Waals surface area (Å²) in [6.45, 7) is 2.25. The fourth-order valence-electron chi connectivity index (χ4n) is 2.25. The number of hydrogen-bond acceptors (Lipinski definition) is 3. The minimum atomic E-state index is 1.08. The van der Waals surface area contributed by atoms with Crippen molar-refractivity contribution in [3.05, 3.63) is 29.0 Å². The zero-order valence-corrected chi connectivity index (χ0v) is 10.2. The van der Waals surface area contributed by atoms with Gasteiger partial charge in [-0.1, -0.05) is 5.57 Å². The third kappa shape index (κ3) is 1.65. The van der Waals surface area contributed by atoms with Gasteiger partial charge in [0.2, 0.25) is 0 Å². The fourth-order valence-corrected chi connectivity index (χ4v) is 3.34. The molecule has 0 amide bonds. The minimum absolute atomic E-state index is 1.08. The van der Waals surface area contributed by atoms with Gasteiger partial charge in [-0.05, 0) is 44.2 Å². The molecule has 0 fully saturated rings. The summed E-state index contributed by atoms with van der Waals surface area (Å²) >= 11 is 1.78. The van der Waals surface area contributed by atoms with Gasteiger partial charge in [-0.25, -0.2) is 4.98 Å². The molecule has 0 aliphatic heterocycles. The van der Waals surface area contributed by atoms with Crippen molar-refractivity contribution in [1.29, 1.82) is 0 Å². The lowest BCUT2D eigenvalue weighted by molar-refractivity contribution is 0.714. The second-order valence-corrected chi connectivity index (χ2v) is 5.36. The molecule has 2 heterocycles. The molecule has 3 rings (SSSR count). The summed E-state index contributed by atoms with van der Waals surface area (Å²) in [6.07, 6.45) is 8.80. The molecule has 0 saturated heterocycles. The molecule has 2 aromatic heterocycles. The molecule has 0 bridgehead atoms. The van der Waals surface area contributed by atoms with Gasteiger partial charge in [0.15, 0.2) is 0 Å². The highest BCUT2D eigenvalue weighted by Crippen LogP contribution is 2.35. The van der Waals surface area contributed by atoms with Gasteiger partial charge in [0.1, 0.15) is 5.01 Å². The van der Waals surface area contributed by atoms with Gasteiger partial charge in [-0.15, -0.1) is 11.3 Å². The van der Waals surface area contributed by atoms with Crippen LogP contribution in [-0.2, 0) is 0 Å². The molecule has 0 N–H and O–H groups in total. The van der Waals surface area contributed by atoms with Crippen LogP contribution in [-0.4, -0.2) is 9.97 Å². The van der Waals surface area contributed by atoms with Crippen LogP contribution in [0.5, 0.6) is 0 Å². The van der Waals surface area contributed by atoms with Crippen LogP contribution in [0.3, 0.4) is 0 Å². The normalized spacial score (nSPS) is 17.1. The number of fused-ring (bicyclic) bond motifs is 1. The third-order valence-electron chi connectivity index (χ3n) is 3.19. The van der Waals surface area contributed by atoms with Crippen molar-refractivity contribution in [2.24, 2.45) is 0 Å². The first-order valence-corrected chi connectivity index (χ1v) is 6.56. The van der Waals surface area contributed by atoms with Gasteiger partial charge in [0.25, 0.3) is 0 Å². The predicted octanol–water partition coefficient (Wildman–Crippen LogP) is 4.04. The lowest BCUT2D eigenvalue weighted by Gasteiger charge is -2.15. The molecule has 0 unspecified atom stereocenters. The number of pyridine rings is 1. The van der Waals surface area contributed by atoms with Crippen LogP contribution in [0.2, 0.25) is 0 Å². The summed E-state index contributed by atoms with van der Waals surface area (Å²) in [5.41, 5.74) is 4.09. The van der Waals surface area contributed by atoms with Crippen LogP contribution in [0.25, 0.3) is 15.8 Å². The van der Waals surface area contributed by atoms with Crippen LogP contribution in [0.15, 0.2) is 24.0 Å². The van der Waals surface area contributed by atoms with Crippen molar-refractivity contribution in [1.82, 2.24) is 9.97 Å². The highest BCUT2D eigenvalue weighted by Gasteiger charge is 2.14. The molecule has 0 saturated carbocycles. The van der Waals surface area contributed by atoms with Crippen LogP contribution >= 0.6 is 11.3 Å². The van der Waals surface area contributed by atoms with E-state index in [1.54, 1.807) is 11.3 Å². The number of allylic oxidation sites excluding steroid dienone is 2. The second kappa shape index (κ2) is 3.98. The van der Waals surface area contributed by atoms with Crippen molar-refractivity contribution in [3.63, 3.8) is 0 Å². The SMILES string of the molecule is CC1=C(c2nc3ccncc3s2)CCCC1. The van der Waals surface area contributed by atoms with E-state index in [1.807, 2.05) is 18.5 Å². The Bertz CT molecular complexity index is 521. The topological polar surface area (TPSA) is 25.8 Å². The molecule has 2 aromatic rings. The van der Waals surface area contributed by atoms with E-state index in [9.17, 15) is 0 Å². The minimum Gasteiger partial charge on any atom is -0.263 e. The summed E-state index contributed by atoms with van der Waals surface area (Å²) in [5.74, 6) is 0. The van der Waals surface area contributed by atoms with Crippen molar-refractivity contribution in [2.45, 2.75) is 32.6 Å². The molecule has 2 nitrogen and oxygen atoms in total. The van der Waals surface area contributed by atoms with E-state index in [-0.39, 0.29) is 0 Å². The average molecular weight is 230 g/mol. The maximum atomic E-state index is 4.71. The fraction of sp³-hybridized carbons (Fsp3) is 0.385. The molecule has 1 aliphatic carbocycles. The number of nitrogens with zero attached hydrogens (tertiary/aromatic N) is 2. The standard InChI is InChI=1S/C13H14N2S/c1-9-4-2-3-5-10(9)13-15-11-6-7-14-8-12(11)16-13/h6-8H,2-5H2,1H3. The van der Waals surface area contributed by atoms with Crippen molar-refractivity contribution in [2.75, 3.05) is 0 Å². The van der Waals surface area contributed by atoms with E-state index in [1.165, 1.54) is 46.5 Å². The highest BCUT2D eigenvalue weighted by atomic mass is 32.1. The largest absolute Gasteiger partial charge is 0.263 e. The molecule has 1 aliphatic rings. The van der Waals surface area contributed by atoms with Crippen molar-refractivity contribution < 1.29 is 0 Å². The quantitative estimate of drug-likeness (QED) is 0.739. The van der Waals surface area contributed by atoms with E-state index in [0.29, 0.717) is 0 Å². The average Bonchev–Trinajstić information content (AvgIpc) is 2.73. The smallest absolute Gasteiger partial charge is 0.120 e. The van der Waals surface area contributed by atoms with Gasteiger partial charge in [0, 0.05) is 12.4 Å². The van der Waals surface area contributed by atoms with E-state index in [2.05, 4.69) is 11.9 Å². The monoisotopic (exact) mass is 230 g/mol. The molecular weight excluding hydrogens is 216 g/mol. The molecule has 0 spiro atoms. The first kappa shape index (κ1) is 9.97. The molecule has 3 heteroatoms. The Hall–Kier alpha value is -1.22. The van der Waals surface area contributed by atoms with Gasteiger partial charge >= 0.3 is 0 Å². The Kier molecular flexibility index (Phi) is 2.48. The Labute approximate surface area is 99.1 Å². The molecule has 16 heavy (non-hydrogen) atoms. The van der Waals surface area contributed by atoms with Gasteiger partial charge in [-0.2, -0.15) is 0 Å². The zero-order valence-electron chi connectivity index (χ0n) is 9.36. The summed E-state index contributed by atoms with van der Waals surface area (Å²) in [6, 6.07) is 1.99. The number of hydrogen-bond donors (Lipinski definition) is 0. The summed E-state index contributed by atoms with van der Waals surface area (Å²) in [7, 11) is 0. The Morgan fingerprint density at radius 1 is 1.25 bits per heavy atom. The lowest BCUT2D eigenvalue weighted by atomic mass is 9.93. The van der Waals surface area contributed by atoms with Gasteiger partial charge in [-0.3, -0.25) is 4.98 Å². The first-order chi connectivity index (χ1) is 7.84. The highest BCUT2D eigenvalue weighted by molar-refractivity contribution is 7.19. The van der Waals surface area contributed by atoms with E-state index < -0.39 is 0 Å². The number of aromatic nitrogens is 2. The molecule has 82 valence electrons. The first-order valence-electron chi connectivity index (χ1n) is 5.74. The number of thiazole rings is 1. The van der Waals surface area contributed by atoms with E-state index in [0.717, 1.165) is 5.52 Å². The second-order valence-electron chi connectivity index (χ2n) is 4.33. The molecule has 0 aromatic carbocycles. The van der Waals surface area contributed by atoms with Gasteiger partial charge in [0.05, 0.1) is 10.2 Å². The van der Waals surface area contributed by atoms with E-state index in [4.69, 9.17) is 4.98 Å². The van der Waals surface area contributed by atoms with Crippen LogP contribution in [0.4, 0.5) is 0 Å². The summed E-state index contributed by atoms with van der Waals surface area (Å²) in [5, 5.41) is 1.21. The van der Waals surface area contributed by atoms with Gasteiger partial charge < -0.3 is 0 Å². The molecule has 0 radical (unpaired) electrons. The third-order valence-corrected chi connectivity index (χ3v) is 4.26. The lowest BCUT2D eigenvalue weighted by Crippen LogP contribution is -1.96. The summed E-state index contributed by atoms with van der Waals surface area (Å²) < 4.78 is 1.20. The van der Waals surface area contributed by atoms with Crippen molar-refractivity contribution >= 4 is 27.1 Å². The summed E-state index contributed by atoms with van der Waals surface area (Å²) in [4.78, 5) is 8.85. The predicted molar refractivity (Wildman–Crippen MR) is 68.5 cm³/mol. The Balaban J connectivity index is 2.12. The van der Waals surface area contributed by atoms with Crippen LogP contribution in [0, 0.1) is 0 Å². The van der Waals surface area contributed by atoms with Crippen LogP contribution in [0.1, 0.15) is 37.6 Å². The Morgan fingerprint density at radius 2 is 2.12 bits per heavy atom. The number of rotatable bonds is 1. The van der Waals surface area contributed by atoms with Crippen LogP contribution < -0.4 is 0 Å². The molecule has 0 atom stereocenters. The van der Waals surface area contributed by atoms with E-state index >= 15 is 0 Å². The molecular formula is C13H14N2S. The van der Waals surface area contributed by atoms with Crippen molar-refractivity contribution in [3.8, 4) is 0 Å². The maximum absolute atomic E-state index is 4.71.